The standard InChI is InChI=1S/C12H9NO4/c1-7-4-12(16)17-10-5-8(2-3-9(7)10)13-11(15)6-14/h2-6H,1H3,(H,13,15). The summed E-state index contributed by atoms with van der Waals surface area (Å²) in [5, 5.41) is 3.14. The van der Waals surface area contributed by atoms with Gasteiger partial charge in [-0.3, -0.25) is 9.59 Å². The van der Waals surface area contributed by atoms with Gasteiger partial charge in [-0.25, -0.2) is 4.79 Å². The average molecular weight is 231 g/mol. The van der Waals surface area contributed by atoms with E-state index in [1.54, 1.807) is 19.1 Å². The van der Waals surface area contributed by atoms with E-state index < -0.39 is 11.5 Å². The van der Waals surface area contributed by atoms with Crippen molar-refractivity contribution >= 4 is 28.8 Å². The van der Waals surface area contributed by atoms with Gasteiger partial charge in [0.1, 0.15) is 5.58 Å². The molecule has 5 heteroatoms. The predicted molar refractivity (Wildman–Crippen MR) is 61.9 cm³/mol. The molecule has 0 unspecified atom stereocenters. The van der Waals surface area contributed by atoms with Crippen LogP contribution in [0.15, 0.2) is 33.5 Å². The van der Waals surface area contributed by atoms with E-state index in [9.17, 15) is 14.4 Å². The van der Waals surface area contributed by atoms with Crippen molar-refractivity contribution in [2.45, 2.75) is 6.92 Å². The maximum atomic E-state index is 11.2. The van der Waals surface area contributed by atoms with E-state index >= 15 is 0 Å². The number of hydrogen-bond donors (Lipinski definition) is 1. The van der Waals surface area contributed by atoms with E-state index in [1.807, 2.05) is 0 Å². The Bertz CT molecular complexity index is 657. The molecule has 1 amide bonds. The highest BCUT2D eigenvalue weighted by Crippen LogP contribution is 2.20. The van der Waals surface area contributed by atoms with Crippen LogP contribution in [0.1, 0.15) is 5.56 Å². The predicted octanol–water partition coefficient (Wildman–Crippen LogP) is 1.24. The Balaban J connectivity index is 2.53. The molecule has 5 nitrogen and oxygen atoms in total. The van der Waals surface area contributed by atoms with Crippen LogP contribution in [0.4, 0.5) is 5.69 Å². The average Bonchev–Trinajstić information content (AvgIpc) is 2.28. The molecule has 2 aromatic rings. The van der Waals surface area contributed by atoms with Crippen LogP contribution in [0, 0.1) is 6.92 Å². The number of amides is 1. The second-order valence-corrected chi connectivity index (χ2v) is 3.57. The van der Waals surface area contributed by atoms with Gasteiger partial charge in [-0.05, 0) is 24.6 Å². The summed E-state index contributed by atoms with van der Waals surface area (Å²) < 4.78 is 5.00. The van der Waals surface area contributed by atoms with Crippen molar-refractivity contribution in [2.24, 2.45) is 0 Å². The summed E-state index contributed by atoms with van der Waals surface area (Å²) in [7, 11) is 0. The van der Waals surface area contributed by atoms with Crippen LogP contribution in [0.2, 0.25) is 0 Å². The minimum Gasteiger partial charge on any atom is -0.423 e. The fourth-order valence-corrected chi connectivity index (χ4v) is 1.57. The van der Waals surface area contributed by atoms with Gasteiger partial charge in [0, 0.05) is 23.2 Å². The van der Waals surface area contributed by atoms with Crippen LogP contribution in [0.25, 0.3) is 11.0 Å². The van der Waals surface area contributed by atoms with E-state index in [-0.39, 0.29) is 6.29 Å². The molecular formula is C12H9NO4. The Labute approximate surface area is 96.0 Å². The summed E-state index contributed by atoms with van der Waals surface area (Å²) in [5.41, 5.74) is 1.13. The van der Waals surface area contributed by atoms with Crippen molar-refractivity contribution in [3.8, 4) is 0 Å². The maximum absolute atomic E-state index is 11.2. The van der Waals surface area contributed by atoms with Gasteiger partial charge in [0.15, 0.2) is 0 Å². The summed E-state index contributed by atoms with van der Waals surface area (Å²) in [4.78, 5) is 32.3. The summed E-state index contributed by atoms with van der Waals surface area (Å²) in [5.74, 6) is -0.751. The zero-order valence-corrected chi connectivity index (χ0v) is 9.02. The summed E-state index contributed by atoms with van der Waals surface area (Å²) in [6, 6.07) is 6.25. The van der Waals surface area contributed by atoms with Crippen molar-refractivity contribution in [3.63, 3.8) is 0 Å². The second kappa shape index (κ2) is 4.21. The van der Waals surface area contributed by atoms with E-state index in [1.165, 1.54) is 12.1 Å². The van der Waals surface area contributed by atoms with E-state index in [0.29, 0.717) is 11.3 Å². The first-order chi connectivity index (χ1) is 8.10. The first-order valence-electron chi connectivity index (χ1n) is 4.91. The van der Waals surface area contributed by atoms with Gasteiger partial charge >= 0.3 is 5.63 Å². The molecule has 0 aliphatic heterocycles. The minimum absolute atomic E-state index is 0.177. The highest BCUT2D eigenvalue weighted by atomic mass is 16.4. The van der Waals surface area contributed by atoms with Crippen molar-refractivity contribution in [1.82, 2.24) is 0 Å². The Hall–Kier alpha value is -2.43. The first-order valence-corrected chi connectivity index (χ1v) is 4.91. The van der Waals surface area contributed by atoms with Crippen LogP contribution in [0.5, 0.6) is 0 Å². The molecule has 0 aliphatic carbocycles. The Morgan fingerprint density at radius 1 is 1.35 bits per heavy atom. The smallest absolute Gasteiger partial charge is 0.336 e. The zero-order chi connectivity index (χ0) is 12.4. The summed E-state index contributed by atoms with van der Waals surface area (Å²) in [6.07, 6.45) is 0.177. The normalized spacial score (nSPS) is 10.2. The molecule has 0 atom stereocenters. The molecule has 1 heterocycles. The highest BCUT2D eigenvalue weighted by molar-refractivity contribution is 6.29. The molecule has 1 aromatic carbocycles. The van der Waals surface area contributed by atoms with Crippen LogP contribution in [-0.2, 0) is 9.59 Å². The molecule has 0 radical (unpaired) electrons. The molecule has 1 aromatic heterocycles. The van der Waals surface area contributed by atoms with Gasteiger partial charge in [-0.1, -0.05) is 0 Å². The third kappa shape index (κ3) is 2.23. The third-order valence-electron chi connectivity index (χ3n) is 2.33. The number of nitrogens with one attached hydrogen (secondary N) is 1. The number of benzene rings is 1. The largest absolute Gasteiger partial charge is 0.423 e. The van der Waals surface area contributed by atoms with Crippen molar-refractivity contribution < 1.29 is 14.0 Å². The Morgan fingerprint density at radius 3 is 2.82 bits per heavy atom. The minimum atomic E-state index is -0.751. The number of aryl methyl sites for hydroxylation is 1. The van der Waals surface area contributed by atoms with Crippen LogP contribution < -0.4 is 10.9 Å². The quantitative estimate of drug-likeness (QED) is 0.479. The lowest BCUT2D eigenvalue weighted by atomic mass is 10.1. The molecule has 2 rings (SSSR count). The lowest BCUT2D eigenvalue weighted by molar-refractivity contribution is -0.127. The van der Waals surface area contributed by atoms with Crippen LogP contribution in [-0.4, -0.2) is 12.2 Å². The first kappa shape index (κ1) is 11.1. The third-order valence-corrected chi connectivity index (χ3v) is 2.33. The van der Waals surface area contributed by atoms with Gasteiger partial charge in [0.2, 0.25) is 6.29 Å². The molecule has 0 saturated heterocycles. The SMILES string of the molecule is Cc1cc(=O)oc2cc(NC(=O)C=O)ccc12. The monoisotopic (exact) mass is 231 g/mol. The molecule has 1 N–H and O–H groups in total. The Kier molecular flexibility index (Phi) is 2.74. The number of aldehydes is 1. The Morgan fingerprint density at radius 2 is 2.12 bits per heavy atom. The molecule has 86 valence electrons. The molecule has 0 spiro atoms. The molecule has 0 fully saturated rings. The fraction of sp³-hybridized carbons (Fsp3) is 0.0833. The lowest BCUT2D eigenvalue weighted by Crippen LogP contribution is -2.12. The van der Waals surface area contributed by atoms with Gasteiger partial charge in [-0.15, -0.1) is 0 Å². The lowest BCUT2D eigenvalue weighted by Gasteiger charge is -2.04. The number of anilines is 1. The van der Waals surface area contributed by atoms with Gasteiger partial charge < -0.3 is 9.73 Å². The summed E-state index contributed by atoms with van der Waals surface area (Å²) >= 11 is 0. The van der Waals surface area contributed by atoms with Gasteiger partial charge in [0.25, 0.3) is 5.91 Å². The van der Waals surface area contributed by atoms with Crippen molar-refractivity contribution in [3.05, 3.63) is 40.2 Å². The molecule has 0 saturated carbocycles. The second-order valence-electron chi connectivity index (χ2n) is 3.57. The molecule has 17 heavy (non-hydrogen) atoms. The number of hydrogen-bond acceptors (Lipinski definition) is 4. The number of rotatable bonds is 2. The molecule has 0 bridgehead atoms. The van der Waals surface area contributed by atoms with Crippen molar-refractivity contribution in [1.29, 1.82) is 0 Å². The fourth-order valence-electron chi connectivity index (χ4n) is 1.57. The summed E-state index contributed by atoms with van der Waals surface area (Å²) in [6.45, 7) is 1.79. The topological polar surface area (TPSA) is 76.4 Å². The van der Waals surface area contributed by atoms with Crippen molar-refractivity contribution in [2.75, 3.05) is 5.32 Å². The zero-order valence-electron chi connectivity index (χ0n) is 9.02. The van der Waals surface area contributed by atoms with E-state index in [0.717, 1.165) is 10.9 Å². The number of fused-ring (bicyclic) bond motifs is 1. The number of carbonyl (C=O) groups is 2. The van der Waals surface area contributed by atoms with Gasteiger partial charge in [-0.2, -0.15) is 0 Å². The number of carbonyl (C=O) groups excluding carboxylic acids is 2. The van der Waals surface area contributed by atoms with Crippen LogP contribution >= 0.6 is 0 Å². The van der Waals surface area contributed by atoms with Gasteiger partial charge in [0.05, 0.1) is 0 Å². The van der Waals surface area contributed by atoms with E-state index in [2.05, 4.69) is 5.32 Å². The highest BCUT2D eigenvalue weighted by Gasteiger charge is 2.05. The molecule has 0 aliphatic rings. The van der Waals surface area contributed by atoms with Crippen LogP contribution in [0.3, 0.4) is 0 Å². The van der Waals surface area contributed by atoms with E-state index in [4.69, 9.17) is 4.42 Å². The molecular weight excluding hydrogens is 222 g/mol. The maximum Gasteiger partial charge on any atom is 0.336 e.